The van der Waals surface area contributed by atoms with E-state index in [4.69, 9.17) is 0 Å². The van der Waals surface area contributed by atoms with E-state index < -0.39 is 5.92 Å². The average molecular weight is 248 g/mol. The van der Waals surface area contributed by atoms with Crippen LogP contribution in [0.2, 0.25) is 0 Å². The predicted octanol–water partition coefficient (Wildman–Crippen LogP) is 2.63. The van der Waals surface area contributed by atoms with E-state index in [0.717, 1.165) is 12.0 Å². The molecule has 1 fully saturated rings. The molecule has 1 saturated carbocycles. The van der Waals surface area contributed by atoms with Crippen molar-refractivity contribution in [2.45, 2.75) is 52.4 Å². The van der Waals surface area contributed by atoms with Gasteiger partial charge in [-0.2, -0.15) is 0 Å². The molecule has 0 amide bonds. The van der Waals surface area contributed by atoms with E-state index in [1.807, 2.05) is 0 Å². The second-order valence-corrected chi connectivity index (χ2v) is 6.33. The van der Waals surface area contributed by atoms with Crippen LogP contribution in [0.1, 0.15) is 52.4 Å². The minimum atomic E-state index is -0.480. The van der Waals surface area contributed by atoms with E-state index in [1.54, 1.807) is 6.08 Å². The van der Waals surface area contributed by atoms with E-state index >= 15 is 0 Å². The number of hydrogen-bond acceptors (Lipinski definition) is 3. The summed E-state index contributed by atoms with van der Waals surface area (Å²) in [6, 6.07) is 0. The molecule has 0 aromatic rings. The molecule has 3 heteroatoms. The third-order valence-corrected chi connectivity index (χ3v) is 3.81. The van der Waals surface area contributed by atoms with Crippen molar-refractivity contribution in [3.63, 3.8) is 0 Å². The van der Waals surface area contributed by atoms with Crippen molar-refractivity contribution in [2.75, 3.05) is 0 Å². The minimum Gasteiger partial charge on any atom is -0.299 e. The standard InChI is InChI=1S/C15H20O3/c1-15(2)8-10(6-11(16)9-15)7-12-13(17)4-3-5-14(12)18/h6,12H,3-5,7-9H2,1-2H3. The molecular formula is C15H20O3. The van der Waals surface area contributed by atoms with Crippen LogP contribution in [-0.4, -0.2) is 17.3 Å². The summed E-state index contributed by atoms with van der Waals surface area (Å²) in [5.41, 5.74) is 0.937. The van der Waals surface area contributed by atoms with Gasteiger partial charge in [0.1, 0.15) is 11.6 Å². The first-order chi connectivity index (χ1) is 8.37. The zero-order valence-electron chi connectivity index (χ0n) is 11.1. The van der Waals surface area contributed by atoms with E-state index in [1.165, 1.54) is 0 Å². The first-order valence-electron chi connectivity index (χ1n) is 6.65. The predicted molar refractivity (Wildman–Crippen MR) is 68.1 cm³/mol. The molecule has 98 valence electrons. The molecule has 0 saturated heterocycles. The number of Topliss-reactive ketones (excluding diaryl/α,β-unsaturated/α-hetero) is 2. The summed E-state index contributed by atoms with van der Waals surface area (Å²) in [7, 11) is 0. The number of rotatable bonds is 2. The van der Waals surface area contributed by atoms with Gasteiger partial charge in [0, 0.05) is 19.3 Å². The smallest absolute Gasteiger partial charge is 0.156 e. The van der Waals surface area contributed by atoms with Crippen molar-refractivity contribution in [3.8, 4) is 0 Å². The first-order valence-corrected chi connectivity index (χ1v) is 6.65. The Balaban J connectivity index is 2.11. The molecule has 0 unspecified atom stereocenters. The van der Waals surface area contributed by atoms with Gasteiger partial charge in [-0.05, 0) is 30.8 Å². The van der Waals surface area contributed by atoms with Gasteiger partial charge in [-0.25, -0.2) is 0 Å². The lowest BCUT2D eigenvalue weighted by Gasteiger charge is -2.30. The van der Waals surface area contributed by atoms with Crippen molar-refractivity contribution in [2.24, 2.45) is 11.3 Å². The maximum Gasteiger partial charge on any atom is 0.156 e. The highest BCUT2D eigenvalue weighted by atomic mass is 16.2. The average Bonchev–Trinajstić information content (AvgIpc) is 2.21. The fourth-order valence-electron chi connectivity index (χ4n) is 3.06. The molecule has 0 bridgehead atoms. The second kappa shape index (κ2) is 4.79. The van der Waals surface area contributed by atoms with Gasteiger partial charge < -0.3 is 0 Å². The Morgan fingerprint density at radius 2 is 1.72 bits per heavy atom. The molecule has 0 heterocycles. The topological polar surface area (TPSA) is 51.2 Å². The van der Waals surface area contributed by atoms with E-state index in [0.29, 0.717) is 32.1 Å². The van der Waals surface area contributed by atoms with Crippen molar-refractivity contribution in [3.05, 3.63) is 11.6 Å². The largest absolute Gasteiger partial charge is 0.299 e. The first kappa shape index (κ1) is 13.2. The number of carbonyl (C=O) groups is 3. The van der Waals surface area contributed by atoms with Crippen molar-refractivity contribution >= 4 is 17.3 Å². The highest BCUT2D eigenvalue weighted by molar-refractivity contribution is 6.04. The maximum absolute atomic E-state index is 11.8. The fraction of sp³-hybridized carbons (Fsp3) is 0.667. The molecule has 3 nitrogen and oxygen atoms in total. The Kier molecular flexibility index (Phi) is 3.51. The van der Waals surface area contributed by atoms with Crippen LogP contribution in [0.4, 0.5) is 0 Å². The zero-order valence-corrected chi connectivity index (χ0v) is 11.1. The molecule has 0 atom stereocenters. The number of hydrogen-bond donors (Lipinski definition) is 0. The molecule has 0 N–H and O–H groups in total. The quantitative estimate of drug-likeness (QED) is 0.706. The third-order valence-electron chi connectivity index (χ3n) is 3.81. The monoisotopic (exact) mass is 248 g/mol. The third kappa shape index (κ3) is 2.95. The number of allylic oxidation sites excluding steroid dienone is 2. The van der Waals surface area contributed by atoms with Crippen LogP contribution in [0, 0.1) is 11.3 Å². The van der Waals surface area contributed by atoms with Gasteiger partial charge in [-0.15, -0.1) is 0 Å². The van der Waals surface area contributed by atoms with Crippen LogP contribution in [-0.2, 0) is 14.4 Å². The lowest BCUT2D eigenvalue weighted by molar-refractivity contribution is -0.135. The lowest BCUT2D eigenvalue weighted by atomic mass is 9.73. The van der Waals surface area contributed by atoms with Gasteiger partial charge in [0.25, 0.3) is 0 Å². The maximum atomic E-state index is 11.8. The summed E-state index contributed by atoms with van der Waals surface area (Å²) in [6.07, 6.45) is 5.21. The molecule has 2 aliphatic carbocycles. The highest BCUT2D eigenvalue weighted by Gasteiger charge is 2.34. The summed E-state index contributed by atoms with van der Waals surface area (Å²) in [5, 5.41) is 0. The molecule has 2 aliphatic rings. The Bertz CT molecular complexity index is 413. The summed E-state index contributed by atoms with van der Waals surface area (Å²) in [6.45, 7) is 4.12. The lowest BCUT2D eigenvalue weighted by Crippen LogP contribution is -2.30. The van der Waals surface area contributed by atoms with Crippen molar-refractivity contribution < 1.29 is 14.4 Å². The summed E-state index contributed by atoms with van der Waals surface area (Å²) >= 11 is 0. The molecular weight excluding hydrogens is 228 g/mol. The van der Waals surface area contributed by atoms with Gasteiger partial charge in [-0.3, -0.25) is 14.4 Å². The van der Waals surface area contributed by atoms with Crippen molar-refractivity contribution in [1.29, 1.82) is 0 Å². The van der Waals surface area contributed by atoms with Crippen LogP contribution in [0.15, 0.2) is 11.6 Å². The normalized spacial score (nSPS) is 25.2. The Hall–Kier alpha value is -1.25. The molecule has 18 heavy (non-hydrogen) atoms. The van der Waals surface area contributed by atoms with Gasteiger partial charge in [-0.1, -0.05) is 19.4 Å². The van der Waals surface area contributed by atoms with Gasteiger partial charge in [0.05, 0.1) is 5.92 Å². The molecule has 0 radical (unpaired) electrons. The summed E-state index contributed by atoms with van der Waals surface area (Å²) in [4.78, 5) is 35.2. The van der Waals surface area contributed by atoms with Gasteiger partial charge in [0.2, 0.25) is 0 Å². The number of carbonyl (C=O) groups excluding carboxylic acids is 3. The van der Waals surface area contributed by atoms with Crippen LogP contribution >= 0.6 is 0 Å². The molecule has 0 aliphatic heterocycles. The second-order valence-electron chi connectivity index (χ2n) is 6.33. The van der Waals surface area contributed by atoms with E-state index in [9.17, 15) is 14.4 Å². The van der Waals surface area contributed by atoms with Crippen LogP contribution in [0.5, 0.6) is 0 Å². The van der Waals surface area contributed by atoms with Gasteiger partial charge in [0.15, 0.2) is 5.78 Å². The van der Waals surface area contributed by atoms with E-state index in [2.05, 4.69) is 13.8 Å². The zero-order chi connectivity index (χ0) is 13.3. The number of ketones is 3. The molecule has 2 rings (SSSR count). The molecule has 0 spiro atoms. The van der Waals surface area contributed by atoms with Crippen LogP contribution in [0.25, 0.3) is 0 Å². The van der Waals surface area contributed by atoms with E-state index in [-0.39, 0.29) is 22.8 Å². The Morgan fingerprint density at radius 3 is 2.28 bits per heavy atom. The fourth-order valence-corrected chi connectivity index (χ4v) is 3.06. The minimum absolute atomic E-state index is 0.0398. The highest BCUT2D eigenvalue weighted by Crippen LogP contribution is 2.37. The van der Waals surface area contributed by atoms with Gasteiger partial charge >= 0.3 is 0 Å². The van der Waals surface area contributed by atoms with Crippen LogP contribution < -0.4 is 0 Å². The summed E-state index contributed by atoms with van der Waals surface area (Å²) in [5.74, 6) is -0.241. The SMILES string of the molecule is CC1(C)CC(=O)C=C(CC2C(=O)CCCC2=O)C1. The van der Waals surface area contributed by atoms with Crippen molar-refractivity contribution in [1.82, 2.24) is 0 Å². The summed E-state index contributed by atoms with van der Waals surface area (Å²) < 4.78 is 0. The molecule has 0 aromatic carbocycles. The van der Waals surface area contributed by atoms with Crippen LogP contribution in [0.3, 0.4) is 0 Å². The molecule has 0 aromatic heterocycles. The Labute approximate surface area is 108 Å². The Morgan fingerprint density at radius 1 is 1.11 bits per heavy atom.